The lowest BCUT2D eigenvalue weighted by Gasteiger charge is -2.33. The molecule has 0 saturated carbocycles. The Balaban J connectivity index is 1.65. The molecule has 0 saturated heterocycles. The van der Waals surface area contributed by atoms with Gasteiger partial charge in [0.25, 0.3) is 0 Å². The van der Waals surface area contributed by atoms with Crippen LogP contribution in [0.2, 0.25) is 5.02 Å². The van der Waals surface area contributed by atoms with E-state index in [0.29, 0.717) is 11.4 Å². The number of amides is 1. The first-order chi connectivity index (χ1) is 12.5. The van der Waals surface area contributed by atoms with Crippen LogP contribution in [0, 0.1) is 0 Å². The Hall–Kier alpha value is -2.79. The highest BCUT2D eigenvalue weighted by Gasteiger charge is 2.36. The molecule has 5 nitrogen and oxygen atoms in total. The molecule has 0 aliphatic carbocycles. The van der Waals surface area contributed by atoms with Crippen LogP contribution in [0.1, 0.15) is 16.8 Å². The molecule has 2 aromatic carbocycles. The minimum Gasteiger partial charge on any atom is -0.480 e. The van der Waals surface area contributed by atoms with Crippen LogP contribution in [0.25, 0.3) is 10.9 Å². The van der Waals surface area contributed by atoms with Gasteiger partial charge in [-0.15, -0.1) is 0 Å². The number of carbonyl (C=O) groups is 2. The second-order valence-electron chi connectivity index (χ2n) is 6.51. The molecular formula is C20H17ClN2O3. The lowest BCUT2D eigenvalue weighted by molar-refractivity contribution is -0.151. The Morgan fingerprint density at radius 3 is 2.62 bits per heavy atom. The number of rotatable bonds is 3. The van der Waals surface area contributed by atoms with Gasteiger partial charge in [0.15, 0.2) is 0 Å². The summed E-state index contributed by atoms with van der Waals surface area (Å²) in [4.78, 5) is 29.4. The number of nitrogens with zero attached hydrogens (tertiary/aromatic N) is 1. The zero-order chi connectivity index (χ0) is 18.3. The normalized spacial score (nSPS) is 16.5. The number of carbonyl (C=O) groups excluding carboxylic acids is 1. The van der Waals surface area contributed by atoms with Crippen LogP contribution < -0.4 is 0 Å². The summed E-state index contributed by atoms with van der Waals surface area (Å²) in [6.45, 7) is 0.271. The molecule has 132 valence electrons. The van der Waals surface area contributed by atoms with E-state index in [9.17, 15) is 14.7 Å². The Morgan fingerprint density at radius 1 is 1.15 bits per heavy atom. The average Bonchev–Trinajstić information content (AvgIpc) is 3.00. The summed E-state index contributed by atoms with van der Waals surface area (Å²) in [6, 6.07) is 14.0. The van der Waals surface area contributed by atoms with Gasteiger partial charge in [-0.05, 0) is 29.3 Å². The van der Waals surface area contributed by atoms with Gasteiger partial charge in [0.05, 0.1) is 13.0 Å². The third-order valence-electron chi connectivity index (χ3n) is 4.88. The molecule has 2 N–H and O–H groups in total. The molecule has 1 aromatic heterocycles. The van der Waals surface area contributed by atoms with E-state index in [1.165, 1.54) is 4.90 Å². The molecule has 6 heteroatoms. The number of aromatic amines is 1. The maximum Gasteiger partial charge on any atom is 0.326 e. The van der Waals surface area contributed by atoms with Crippen LogP contribution in [0.15, 0.2) is 48.5 Å². The van der Waals surface area contributed by atoms with Gasteiger partial charge in [-0.3, -0.25) is 4.79 Å². The summed E-state index contributed by atoms with van der Waals surface area (Å²) in [6.07, 6.45) is 0.456. The second kappa shape index (κ2) is 6.50. The van der Waals surface area contributed by atoms with Crippen molar-refractivity contribution in [1.82, 2.24) is 9.88 Å². The fraction of sp³-hybridized carbons (Fsp3) is 0.200. The van der Waals surface area contributed by atoms with Gasteiger partial charge in [-0.25, -0.2) is 4.79 Å². The van der Waals surface area contributed by atoms with E-state index in [-0.39, 0.29) is 18.9 Å². The molecule has 4 rings (SSSR count). The maximum atomic E-state index is 12.8. The van der Waals surface area contributed by atoms with Crippen LogP contribution in [0.4, 0.5) is 0 Å². The Bertz CT molecular complexity index is 994. The van der Waals surface area contributed by atoms with Gasteiger partial charge >= 0.3 is 5.97 Å². The van der Waals surface area contributed by atoms with Crippen LogP contribution in [0.3, 0.4) is 0 Å². The first-order valence-electron chi connectivity index (χ1n) is 8.38. The summed E-state index contributed by atoms with van der Waals surface area (Å²) < 4.78 is 0. The third kappa shape index (κ3) is 2.95. The highest BCUT2D eigenvalue weighted by molar-refractivity contribution is 6.30. The third-order valence-corrected chi connectivity index (χ3v) is 5.13. The molecule has 0 spiro atoms. The highest BCUT2D eigenvalue weighted by atomic mass is 35.5. The molecule has 1 aliphatic rings. The van der Waals surface area contributed by atoms with Crippen LogP contribution in [-0.2, 0) is 29.0 Å². The van der Waals surface area contributed by atoms with Gasteiger partial charge in [0.1, 0.15) is 6.04 Å². The number of H-pyrrole nitrogens is 1. The van der Waals surface area contributed by atoms with E-state index in [2.05, 4.69) is 4.98 Å². The Labute approximate surface area is 155 Å². The van der Waals surface area contributed by atoms with Gasteiger partial charge in [-0.1, -0.05) is 41.9 Å². The molecule has 0 fully saturated rings. The first kappa shape index (κ1) is 16.7. The summed E-state index contributed by atoms with van der Waals surface area (Å²) in [7, 11) is 0. The van der Waals surface area contributed by atoms with Crippen molar-refractivity contribution in [2.45, 2.75) is 25.4 Å². The number of hydrogen-bond donors (Lipinski definition) is 2. The van der Waals surface area contributed by atoms with Crippen molar-refractivity contribution in [3.8, 4) is 0 Å². The van der Waals surface area contributed by atoms with Crippen molar-refractivity contribution >= 4 is 34.4 Å². The fourth-order valence-corrected chi connectivity index (χ4v) is 3.70. The molecule has 26 heavy (non-hydrogen) atoms. The Kier molecular flexibility index (Phi) is 4.17. The zero-order valence-corrected chi connectivity index (χ0v) is 14.7. The minimum absolute atomic E-state index is 0.149. The lowest BCUT2D eigenvalue weighted by atomic mass is 9.96. The number of carboxylic acid groups (broad SMARTS) is 1. The van der Waals surface area contributed by atoms with Crippen molar-refractivity contribution in [2.75, 3.05) is 0 Å². The van der Waals surface area contributed by atoms with E-state index in [1.54, 1.807) is 24.3 Å². The van der Waals surface area contributed by atoms with E-state index in [4.69, 9.17) is 11.6 Å². The number of fused-ring (bicyclic) bond motifs is 3. The second-order valence-corrected chi connectivity index (χ2v) is 6.95. The zero-order valence-electron chi connectivity index (χ0n) is 13.9. The number of benzene rings is 2. The number of carboxylic acids is 1. The predicted octanol–water partition coefficient (Wildman–Crippen LogP) is 3.40. The Morgan fingerprint density at radius 2 is 1.88 bits per heavy atom. The summed E-state index contributed by atoms with van der Waals surface area (Å²) >= 11 is 5.88. The van der Waals surface area contributed by atoms with Crippen molar-refractivity contribution in [2.24, 2.45) is 0 Å². The smallest absolute Gasteiger partial charge is 0.326 e. The molecule has 0 radical (unpaired) electrons. The SMILES string of the molecule is O=C(O)C1Cc2c([nH]c3ccccc23)CN1C(=O)Cc1ccc(Cl)cc1. The summed E-state index contributed by atoms with van der Waals surface area (Å²) in [5.41, 5.74) is 3.68. The van der Waals surface area contributed by atoms with E-state index in [1.807, 2.05) is 24.3 Å². The lowest BCUT2D eigenvalue weighted by Crippen LogP contribution is -2.49. The number of para-hydroxylation sites is 1. The summed E-state index contributed by atoms with van der Waals surface area (Å²) in [5.74, 6) is -1.19. The largest absolute Gasteiger partial charge is 0.480 e. The van der Waals surface area contributed by atoms with Gasteiger partial charge in [0, 0.05) is 28.0 Å². The molecule has 0 bridgehead atoms. The van der Waals surface area contributed by atoms with Crippen LogP contribution in [-0.4, -0.2) is 32.9 Å². The monoisotopic (exact) mass is 368 g/mol. The van der Waals surface area contributed by atoms with Crippen LogP contribution in [0.5, 0.6) is 0 Å². The maximum absolute atomic E-state index is 12.8. The number of halogens is 1. The minimum atomic E-state index is -0.981. The summed E-state index contributed by atoms with van der Waals surface area (Å²) in [5, 5.41) is 11.3. The number of hydrogen-bond acceptors (Lipinski definition) is 2. The highest BCUT2D eigenvalue weighted by Crippen LogP contribution is 2.30. The van der Waals surface area contributed by atoms with Crippen molar-refractivity contribution in [3.05, 3.63) is 70.4 Å². The van der Waals surface area contributed by atoms with Gasteiger partial charge in [-0.2, -0.15) is 0 Å². The average molecular weight is 369 g/mol. The molecule has 2 heterocycles. The van der Waals surface area contributed by atoms with Crippen molar-refractivity contribution < 1.29 is 14.7 Å². The van der Waals surface area contributed by atoms with Gasteiger partial charge in [0.2, 0.25) is 5.91 Å². The molecule has 1 amide bonds. The number of aromatic nitrogens is 1. The molecule has 3 aromatic rings. The van der Waals surface area contributed by atoms with Gasteiger partial charge < -0.3 is 15.0 Å². The standard InChI is InChI=1S/C20H17ClN2O3/c21-13-7-5-12(6-8-13)9-19(24)23-11-17-15(10-18(23)20(25)26)14-3-1-2-4-16(14)22-17/h1-8,18,22H,9-11H2,(H,25,26). The van der Waals surface area contributed by atoms with E-state index >= 15 is 0 Å². The van der Waals surface area contributed by atoms with Crippen LogP contribution >= 0.6 is 11.6 Å². The molecular weight excluding hydrogens is 352 g/mol. The van der Waals surface area contributed by atoms with Crippen molar-refractivity contribution in [3.63, 3.8) is 0 Å². The predicted molar refractivity (Wildman–Crippen MR) is 99.1 cm³/mol. The number of nitrogens with one attached hydrogen (secondary N) is 1. The number of aliphatic carboxylic acids is 1. The van der Waals surface area contributed by atoms with E-state index in [0.717, 1.165) is 27.7 Å². The first-order valence-corrected chi connectivity index (χ1v) is 8.76. The molecule has 1 aliphatic heterocycles. The quantitative estimate of drug-likeness (QED) is 0.744. The fourth-order valence-electron chi connectivity index (χ4n) is 3.57. The molecule has 1 unspecified atom stereocenters. The molecule has 1 atom stereocenters. The van der Waals surface area contributed by atoms with E-state index < -0.39 is 12.0 Å². The van der Waals surface area contributed by atoms with Crippen molar-refractivity contribution in [1.29, 1.82) is 0 Å². The topological polar surface area (TPSA) is 73.4 Å².